The van der Waals surface area contributed by atoms with Gasteiger partial charge in [0.2, 0.25) is 0 Å². The summed E-state index contributed by atoms with van der Waals surface area (Å²) < 4.78 is 0. The van der Waals surface area contributed by atoms with Gasteiger partial charge < -0.3 is 5.32 Å². The number of carbonyl (C=O) groups excluding carboxylic acids is 1. The highest BCUT2D eigenvalue weighted by atomic mass is 16.2. The highest BCUT2D eigenvalue weighted by Crippen LogP contribution is 2.36. The third-order valence-electron chi connectivity index (χ3n) is 4.66. The fraction of sp³-hybridized carbons (Fsp3) is 0.136. The maximum absolute atomic E-state index is 13.0. The molecule has 0 aliphatic carbocycles. The van der Waals surface area contributed by atoms with Crippen LogP contribution in [0.5, 0.6) is 0 Å². The Balaban J connectivity index is 1.71. The molecule has 0 spiro atoms. The monoisotopic (exact) mass is 354 g/mol. The molecule has 1 aliphatic rings. The van der Waals surface area contributed by atoms with Crippen molar-refractivity contribution in [3.8, 4) is 6.07 Å². The standard InChI is InChI=1S/C22H18N4O/c1-15-4-10-18(11-5-15)26-21(20-19(22(26)27)3-2-14-24-20)25-17-8-6-16(7-9-17)12-13-23/h2-11,14,21,25H,12H2,1H3/t21-/m0/s1. The normalized spacial score (nSPS) is 15.3. The number of nitrogens with one attached hydrogen (secondary N) is 1. The molecule has 0 radical (unpaired) electrons. The summed E-state index contributed by atoms with van der Waals surface area (Å²) in [7, 11) is 0. The highest BCUT2D eigenvalue weighted by Gasteiger charge is 2.38. The summed E-state index contributed by atoms with van der Waals surface area (Å²) in [6.45, 7) is 2.02. The molecule has 5 nitrogen and oxygen atoms in total. The molecule has 0 saturated carbocycles. The van der Waals surface area contributed by atoms with Crippen LogP contribution in [-0.2, 0) is 6.42 Å². The molecule has 132 valence electrons. The number of hydrogen-bond acceptors (Lipinski definition) is 4. The number of nitrogens with zero attached hydrogens (tertiary/aromatic N) is 3. The molecule has 1 aromatic heterocycles. The molecule has 27 heavy (non-hydrogen) atoms. The molecular formula is C22H18N4O. The number of aryl methyl sites for hydroxylation is 1. The molecule has 4 rings (SSSR count). The van der Waals surface area contributed by atoms with Crippen LogP contribution in [0.3, 0.4) is 0 Å². The molecule has 2 heterocycles. The van der Waals surface area contributed by atoms with Crippen molar-refractivity contribution >= 4 is 17.3 Å². The van der Waals surface area contributed by atoms with Crippen molar-refractivity contribution in [1.29, 1.82) is 5.26 Å². The van der Waals surface area contributed by atoms with E-state index in [9.17, 15) is 4.79 Å². The minimum absolute atomic E-state index is 0.0689. The second-order valence-electron chi connectivity index (χ2n) is 6.53. The fourth-order valence-electron chi connectivity index (χ4n) is 3.26. The summed E-state index contributed by atoms with van der Waals surface area (Å²) in [6, 6.07) is 21.3. The zero-order valence-electron chi connectivity index (χ0n) is 14.9. The predicted octanol–water partition coefficient (Wildman–Crippen LogP) is 4.23. The molecule has 0 saturated heterocycles. The van der Waals surface area contributed by atoms with Crippen molar-refractivity contribution in [2.75, 3.05) is 10.2 Å². The molecule has 1 N–H and O–H groups in total. The van der Waals surface area contributed by atoms with Gasteiger partial charge >= 0.3 is 0 Å². The van der Waals surface area contributed by atoms with Crippen molar-refractivity contribution in [2.24, 2.45) is 0 Å². The molecule has 1 aliphatic heterocycles. The molecule has 5 heteroatoms. The zero-order valence-corrected chi connectivity index (χ0v) is 14.9. The number of carbonyl (C=O) groups is 1. The number of amides is 1. The summed E-state index contributed by atoms with van der Waals surface area (Å²) in [5, 5.41) is 12.2. The Morgan fingerprint density at radius 1 is 1.11 bits per heavy atom. The number of nitriles is 1. The van der Waals surface area contributed by atoms with Crippen LogP contribution in [-0.4, -0.2) is 10.9 Å². The largest absolute Gasteiger partial charge is 0.360 e. The summed E-state index contributed by atoms with van der Waals surface area (Å²) in [5.74, 6) is -0.0689. The molecule has 1 amide bonds. The van der Waals surface area contributed by atoms with Crippen molar-refractivity contribution in [2.45, 2.75) is 19.5 Å². The Morgan fingerprint density at radius 3 is 2.56 bits per heavy atom. The van der Waals surface area contributed by atoms with Gasteiger partial charge in [0.15, 0.2) is 6.17 Å². The van der Waals surface area contributed by atoms with E-state index in [0.717, 1.165) is 22.5 Å². The van der Waals surface area contributed by atoms with Gasteiger partial charge in [0, 0.05) is 17.6 Å². The van der Waals surface area contributed by atoms with Crippen molar-refractivity contribution < 1.29 is 4.79 Å². The van der Waals surface area contributed by atoms with E-state index in [-0.39, 0.29) is 5.91 Å². The molecule has 3 aromatic rings. The molecule has 0 unspecified atom stereocenters. The maximum Gasteiger partial charge on any atom is 0.262 e. The number of rotatable bonds is 4. The van der Waals surface area contributed by atoms with Gasteiger partial charge in [-0.2, -0.15) is 5.26 Å². The molecule has 0 bridgehead atoms. The summed E-state index contributed by atoms with van der Waals surface area (Å²) in [4.78, 5) is 19.2. The quantitative estimate of drug-likeness (QED) is 0.761. The predicted molar refractivity (Wildman–Crippen MR) is 104 cm³/mol. The van der Waals surface area contributed by atoms with Crippen LogP contribution in [0.15, 0.2) is 66.9 Å². The second-order valence-corrected chi connectivity index (χ2v) is 6.53. The maximum atomic E-state index is 13.0. The average Bonchev–Trinajstić information content (AvgIpc) is 2.97. The molecular weight excluding hydrogens is 336 g/mol. The minimum atomic E-state index is -0.391. The average molecular weight is 354 g/mol. The highest BCUT2D eigenvalue weighted by molar-refractivity contribution is 6.11. The smallest absolute Gasteiger partial charge is 0.262 e. The first-order chi connectivity index (χ1) is 13.2. The van der Waals surface area contributed by atoms with Gasteiger partial charge in [0.05, 0.1) is 23.7 Å². The summed E-state index contributed by atoms with van der Waals surface area (Å²) in [5.41, 5.74) is 5.10. The van der Waals surface area contributed by atoms with Gasteiger partial charge in [0.1, 0.15) is 0 Å². The Hall–Kier alpha value is -3.65. The Kier molecular flexibility index (Phi) is 4.31. The number of benzene rings is 2. The van der Waals surface area contributed by atoms with Gasteiger partial charge in [-0.05, 0) is 48.9 Å². The first kappa shape index (κ1) is 16.8. The first-order valence-corrected chi connectivity index (χ1v) is 8.75. The third kappa shape index (κ3) is 3.13. The van der Waals surface area contributed by atoms with Crippen molar-refractivity contribution in [1.82, 2.24) is 4.98 Å². The van der Waals surface area contributed by atoms with Crippen LogP contribution in [0.25, 0.3) is 0 Å². The van der Waals surface area contributed by atoms with Gasteiger partial charge in [-0.3, -0.25) is 14.7 Å². The SMILES string of the molecule is Cc1ccc(N2C(=O)c3cccnc3[C@H]2Nc2ccc(CC#N)cc2)cc1. The number of pyridine rings is 1. The first-order valence-electron chi connectivity index (χ1n) is 8.75. The number of fused-ring (bicyclic) bond motifs is 1. The van der Waals surface area contributed by atoms with E-state index in [0.29, 0.717) is 17.7 Å². The summed E-state index contributed by atoms with van der Waals surface area (Å²) >= 11 is 0. The number of anilines is 2. The summed E-state index contributed by atoms with van der Waals surface area (Å²) in [6.07, 6.45) is 1.69. The van der Waals surface area contributed by atoms with Crippen LogP contribution in [0.1, 0.15) is 33.3 Å². The van der Waals surface area contributed by atoms with E-state index in [1.54, 1.807) is 17.2 Å². The topological polar surface area (TPSA) is 69.0 Å². The van der Waals surface area contributed by atoms with E-state index >= 15 is 0 Å². The van der Waals surface area contributed by atoms with E-state index < -0.39 is 6.17 Å². The lowest BCUT2D eigenvalue weighted by Gasteiger charge is -2.26. The lowest BCUT2D eigenvalue weighted by Crippen LogP contribution is -2.32. The second kappa shape index (κ2) is 6.93. The third-order valence-corrected chi connectivity index (χ3v) is 4.66. The van der Waals surface area contributed by atoms with Crippen molar-refractivity contribution in [3.63, 3.8) is 0 Å². The van der Waals surface area contributed by atoms with E-state index in [4.69, 9.17) is 5.26 Å². The Morgan fingerprint density at radius 2 is 1.85 bits per heavy atom. The van der Waals surface area contributed by atoms with Crippen LogP contribution >= 0.6 is 0 Å². The van der Waals surface area contributed by atoms with Gasteiger partial charge in [-0.1, -0.05) is 29.8 Å². The zero-order chi connectivity index (χ0) is 18.8. The van der Waals surface area contributed by atoms with E-state index in [1.165, 1.54) is 0 Å². The minimum Gasteiger partial charge on any atom is -0.360 e. The molecule has 2 aromatic carbocycles. The molecule has 0 fully saturated rings. The van der Waals surface area contributed by atoms with Gasteiger partial charge in [-0.25, -0.2) is 0 Å². The number of aromatic nitrogens is 1. The lowest BCUT2D eigenvalue weighted by molar-refractivity contribution is 0.0993. The molecule has 1 atom stereocenters. The lowest BCUT2D eigenvalue weighted by atomic mass is 10.1. The van der Waals surface area contributed by atoms with Gasteiger partial charge in [0.25, 0.3) is 5.91 Å². The van der Waals surface area contributed by atoms with E-state index in [1.807, 2.05) is 61.5 Å². The van der Waals surface area contributed by atoms with Gasteiger partial charge in [-0.15, -0.1) is 0 Å². The number of hydrogen-bond donors (Lipinski definition) is 1. The van der Waals surface area contributed by atoms with Crippen LogP contribution in [0, 0.1) is 18.3 Å². The Bertz CT molecular complexity index is 1020. The van der Waals surface area contributed by atoms with Crippen LogP contribution in [0.2, 0.25) is 0 Å². The van der Waals surface area contributed by atoms with E-state index in [2.05, 4.69) is 16.4 Å². The van der Waals surface area contributed by atoms with Crippen LogP contribution in [0.4, 0.5) is 11.4 Å². The van der Waals surface area contributed by atoms with Crippen LogP contribution < -0.4 is 10.2 Å². The van der Waals surface area contributed by atoms with Crippen molar-refractivity contribution in [3.05, 3.63) is 89.2 Å². The Labute approximate surface area is 157 Å². The fourth-order valence-corrected chi connectivity index (χ4v) is 3.26.